The van der Waals surface area contributed by atoms with E-state index in [4.69, 9.17) is 18.9 Å². The van der Waals surface area contributed by atoms with E-state index in [0.29, 0.717) is 36.2 Å². The van der Waals surface area contributed by atoms with Gasteiger partial charge in [-0.25, -0.2) is 0 Å². The van der Waals surface area contributed by atoms with Crippen molar-refractivity contribution in [3.8, 4) is 0 Å². The molecule has 0 N–H and O–H groups in total. The molecule has 3 saturated carbocycles. The fourth-order valence-corrected chi connectivity index (χ4v) is 13.5. The Bertz CT molecular complexity index is 1430. The zero-order chi connectivity index (χ0) is 35.7. The van der Waals surface area contributed by atoms with Gasteiger partial charge in [-0.1, -0.05) is 104 Å². The van der Waals surface area contributed by atoms with Gasteiger partial charge in [0.15, 0.2) is 0 Å². The normalized spacial score (nSPS) is 44.3. The maximum atomic E-state index is 14.7. The average Bonchev–Trinajstić information content (AvgIpc) is 3.08. The van der Waals surface area contributed by atoms with Crippen LogP contribution in [0.2, 0.25) is 0 Å². The van der Waals surface area contributed by atoms with Crippen LogP contribution < -0.4 is 0 Å². The van der Waals surface area contributed by atoms with Crippen molar-refractivity contribution >= 4 is 5.97 Å². The van der Waals surface area contributed by atoms with Gasteiger partial charge < -0.3 is 18.9 Å². The van der Waals surface area contributed by atoms with E-state index in [1.165, 1.54) is 12.8 Å². The Morgan fingerprint density at radius 1 is 0.900 bits per heavy atom. The third kappa shape index (κ3) is 5.51. The van der Waals surface area contributed by atoms with E-state index in [1.54, 1.807) is 5.57 Å². The molecule has 7 rings (SSSR count). The van der Waals surface area contributed by atoms with Gasteiger partial charge in [0.25, 0.3) is 0 Å². The van der Waals surface area contributed by atoms with Crippen molar-refractivity contribution in [2.24, 2.45) is 68.0 Å². The number of fused-ring (bicyclic) bond motifs is 3. The molecule has 1 aromatic carbocycles. The molecule has 0 unspecified atom stereocenters. The maximum absolute atomic E-state index is 14.7. The van der Waals surface area contributed by atoms with E-state index >= 15 is 0 Å². The number of hydrogen-bond donors (Lipinski definition) is 0. The first-order valence-corrected chi connectivity index (χ1v) is 20.3. The van der Waals surface area contributed by atoms with Gasteiger partial charge >= 0.3 is 5.97 Å². The van der Waals surface area contributed by atoms with Gasteiger partial charge in [-0.3, -0.25) is 4.79 Å². The molecule has 0 spiro atoms. The van der Waals surface area contributed by atoms with Crippen molar-refractivity contribution in [2.75, 3.05) is 33.0 Å². The second-order valence-corrected chi connectivity index (χ2v) is 19.9. The predicted molar refractivity (Wildman–Crippen MR) is 199 cm³/mol. The number of esters is 1. The summed E-state index contributed by atoms with van der Waals surface area (Å²) in [6.07, 6.45) is 11.7. The number of carbonyl (C=O) groups is 1. The molecule has 5 heteroatoms. The van der Waals surface area contributed by atoms with Crippen molar-refractivity contribution in [1.82, 2.24) is 0 Å². The lowest BCUT2D eigenvalue weighted by atomic mass is 9.34. The van der Waals surface area contributed by atoms with Crippen molar-refractivity contribution < 1.29 is 23.7 Å². The van der Waals surface area contributed by atoms with E-state index in [-0.39, 0.29) is 50.5 Å². The van der Waals surface area contributed by atoms with Crippen LogP contribution in [0.1, 0.15) is 119 Å². The molecular weight excluding hydrogens is 620 g/mol. The zero-order valence-electron chi connectivity index (χ0n) is 32.9. The summed E-state index contributed by atoms with van der Waals surface area (Å²) in [5, 5.41) is 0. The van der Waals surface area contributed by atoms with Crippen molar-refractivity contribution in [1.29, 1.82) is 0 Å². The minimum Gasteiger partial charge on any atom is -0.461 e. The van der Waals surface area contributed by atoms with Gasteiger partial charge in [-0.2, -0.15) is 0 Å². The van der Waals surface area contributed by atoms with E-state index in [2.05, 4.69) is 80.5 Å². The van der Waals surface area contributed by atoms with Crippen LogP contribution in [0.4, 0.5) is 0 Å². The van der Waals surface area contributed by atoms with Crippen LogP contribution in [-0.4, -0.2) is 45.1 Å². The highest BCUT2D eigenvalue weighted by atomic mass is 16.5. The first-order chi connectivity index (χ1) is 23.6. The number of hydrogen-bond acceptors (Lipinski definition) is 5. The summed E-state index contributed by atoms with van der Waals surface area (Å²) in [7, 11) is 0. The predicted octanol–water partition coefficient (Wildman–Crippen LogP) is 10.1. The lowest BCUT2D eigenvalue weighted by molar-refractivity contribution is -0.256. The number of carbonyl (C=O) groups excluding carboxylic acids is 1. The third-order valence-corrected chi connectivity index (χ3v) is 16.9. The van der Waals surface area contributed by atoms with E-state index in [0.717, 1.165) is 77.1 Å². The molecule has 0 aromatic heterocycles. The third-order valence-electron chi connectivity index (χ3n) is 16.9. The first-order valence-electron chi connectivity index (χ1n) is 20.3. The Hall–Kier alpha value is -1.69. The van der Waals surface area contributed by atoms with E-state index in [1.807, 2.05) is 18.2 Å². The van der Waals surface area contributed by atoms with E-state index in [9.17, 15) is 4.79 Å². The Balaban J connectivity index is 1.22. The highest BCUT2D eigenvalue weighted by molar-refractivity contribution is 5.75. The minimum atomic E-state index is -0.196. The molecule has 5 fully saturated rings. The fourth-order valence-electron chi connectivity index (χ4n) is 13.5. The van der Waals surface area contributed by atoms with Gasteiger partial charge in [-0.15, -0.1) is 0 Å². The highest BCUT2D eigenvalue weighted by Crippen LogP contribution is 2.75. The van der Waals surface area contributed by atoms with Crippen molar-refractivity contribution in [3.63, 3.8) is 0 Å². The Morgan fingerprint density at radius 3 is 2.32 bits per heavy atom. The van der Waals surface area contributed by atoms with Crippen LogP contribution in [0.25, 0.3) is 0 Å². The average molecular weight is 689 g/mol. The van der Waals surface area contributed by atoms with Gasteiger partial charge in [0, 0.05) is 24.0 Å². The van der Waals surface area contributed by atoms with Crippen molar-refractivity contribution in [2.45, 2.75) is 126 Å². The molecular formula is C45H68O5. The summed E-state index contributed by atoms with van der Waals surface area (Å²) in [5.74, 6) is 2.23. The number of benzene rings is 1. The van der Waals surface area contributed by atoms with Crippen molar-refractivity contribution in [3.05, 3.63) is 47.5 Å². The molecule has 1 aromatic rings. The van der Waals surface area contributed by atoms with Crippen LogP contribution in [0.5, 0.6) is 0 Å². The molecule has 0 amide bonds. The van der Waals surface area contributed by atoms with Gasteiger partial charge in [0.2, 0.25) is 0 Å². The summed E-state index contributed by atoms with van der Waals surface area (Å²) < 4.78 is 25.9. The number of allylic oxidation sites excluding steroid dienone is 1. The van der Waals surface area contributed by atoms with Gasteiger partial charge in [-0.05, 0) is 108 Å². The Kier molecular flexibility index (Phi) is 9.54. The molecule has 11 atom stereocenters. The summed E-state index contributed by atoms with van der Waals surface area (Å²) >= 11 is 0. The molecule has 2 saturated heterocycles. The highest BCUT2D eigenvalue weighted by Gasteiger charge is 2.71. The molecule has 0 radical (unpaired) electrons. The molecule has 278 valence electrons. The molecule has 4 aliphatic carbocycles. The quantitative estimate of drug-likeness (QED) is 0.201. The molecule has 2 aliphatic heterocycles. The minimum absolute atomic E-state index is 0.00548. The van der Waals surface area contributed by atoms with Crippen LogP contribution >= 0.6 is 0 Å². The first kappa shape index (κ1) is 36.7. The van der Waals surface area contributed by atoms with Crippen LogP contribution in [0.3, 0.4) is 0 Å². The summed E-state index contributed by atoms with van der Waals surface area (Å²) in [5.41, 5.74) is 2.66. The molecule has 2 heterocycles. The lowest BCUT2D eigenvalue weighted by Gasteiger charge is -2.71. The second kappa shape index (κ2) is 13.0. The number of ether oxygens (including phenoxy) is 4. The largest absolute Gasteiger partial charge is 0.461 e. The topological polar surface area (TPSA) is 54.0 Å². The fraction of sp³-hybridized carbons (Fsp3) is 0.800. The monoisotopic (exact) mass is 689 g/mol. The smallest absolute Gasteiger partial charge is 0.310 e. The molecule has 50 heavy (non-hydrogen) atoms. The van der Waals surface area contributed by atoms with E-state index < -0.39 is 0 Å². The zero-order valence-corrected chi connectivity index (χ0v) is 32.9. The Morgan fingerprint density at radius 2 is 1.62 bits per heavy atom. The molecule has 6 aliphatic rings. The lowest BCUT2D eigenvalue weighted by Crippen LogP contribution is -2.69. The molecule has 5 nitrogen and oxygen atoms in total. The maximum Gasteiger partial charge on any atom is 0.310 e. The molecule has 2 bridgehead atoms. The SMILES string of the molecule is CC(C)[C@@H](C)[C@@]1(C)CC[C@]2(C)[C@H]3CC[C@@H]4[C@@]5(COC[C@]4(C)[C@@H](OCC4(C)CCOCC4)[C@H](C)C5)C3=CC[C@@]2(C)[C@@H]1C(=O)OCc1ccccc1. The number of rotatable bonds is 8. The standard InChI is InChI=1S/C45H68O5/c1-30(2)32(4)41(6)19-20-43(8)34-15-16-36-42(7)28-48-29-45(36,25-31(3)38(42)50-27-40(5)21-23-47-24-22-40)35(34)17-18-44(43,9)37(41)39(46)49-26-33-13-11-10-12-14-33/h10-14,17,30-32,34,36-38H,15-16,18-29H2,1-9H3/t31-,32-,34+,36+,37-,38+,41-,42+,43-,44+,45+/m1/s1. The van der Waals surface area contributed by atoms with Crippen LogP contribution in [0, 0.1) is 68.0 Å². The van der Waals surface area contributed by atoms with Crippen LogP contribution in [-0.2, 0) is 30.3 Å². The second-order valence-electron chi connectivity index (χ2n) is 19.9. The van der Waals surface area contributed by atoms with Crippen LogP contribution in [0.15, 0.2) is 42.0 Å². The van der Waals surface area contributed by atoms with Gasteiger partial charge in [0.1, 0.15) is 6.61 Å². The summed E-state index contributed by atoms with van der Waals surface area (Å²) in [6, 6.07) is 10.2. The Labute approximate surface area is 304 Å². The summed E-state index contributed by atoms with van der Waals surface area (Å²) in [6.45, 7) is 26.4. The summed E-state index contributed by atoms with van der Waals surface area (Å²) in [4.78, 5) is 14.7. The van der Waals surface area contributed by atoms with Gasteiger partial charge in [0.05, 0.1) is 31.8 Å².